The molecule has 16 heavy (non-hydrogen) atoms. The van der Waals surface area contributed by atoms with Crippen molar-refractivity contribution >= 4 is 26.7 Å². The number of nitrogens with zero attached hydrogens (tertiary/aromatic N) is 1. The van der Waals surface area contributed by atoms with Crippen molar-refractivity contribution in [3.63, 3.8) is 0 Å². The summed E-state index contributed by atoms with van der Waals surface area (Å²) in [4.78, 5) is 4.76. The van der Waals surface area contributed by atoms with E-state index in [0.717, 1.165) is 12.1 Å². The highest BCUT2D eigenvalue weighted by atomic mass is 79.9. The lowest BCUT2D eigenvalue weighted by Crippen LogP contribution is -2.11. The molecule has 2 rings (SSSR count). The quantitative estimate of drug-likeness (QED) is 0.802. The van der Waals surface area contributed by atoms with Crippen molar-refractivity contribution in [1.29, 1.82) is 0 Å². The van der Waals surface area contributed by atoms with E-state index in [0.29, 0.717) is 11.4 Å². The van der Waals surface area contributed by atoms with Gasteiger partial charge in [0.15, 0.2) is 0 Å². The van der Waals surface area contributed by atoms with Gasteiger partial charge in [-0.15, -0.1) is 0 Å². The molecule has 3 heteroatoms. The number of rotatable bonds is 4. The number of methoxy groups -OCH3 is 1. The highest BCUT2D eigenvalue weighted by Crippen LogP contribution is 2.19. The van der Waals surface area contributed by atoms with Gasteiger partial charge in [0, 0.05) is 35.6 Å². The highest BCUT2D eigenvalue weighted by Gasteiger charge is 2.08. The van der Waals surface area contributed by atoms with Gasteiger partial charge in [0.1, 0.15) is 0 Å². The number of hydrogen-bond acceptors (Lipinski definition) is 2. The van der Waals surface area contributed by atoms with Crippen molar-refractivity contribution in [3.8, 4) is 0 Å². The molecule has 0 N–H and O–H groups in total. The van der Waals surface area contributed by atoms with Crippen LogP contribution in [0.5, 0.6) is 0 Å². The summed E-state index contributed by atoms with van der Waals surface area (Å²) in [5.74, 6) is 0. The standard InChI is InChI=1S/C13H14BrNO/c1-16-9-11(14)8-13-12-5-3-2-4-10(12)6-7-15-13/h2-7,11H,8-9H2,1H3. The summed E-state index contributed by atoms with van der Waals surface area (Å²) < 4.78 is 5.11. The second kappa shape index (κ2) is 5.41. The van der Waals surface area contributed by atoms with Gasteiger partial charge in [0.2, 0.25) is 0 Å². The van der Waals surface area contributed by atoms with E-state index in [1.54, 1.807) is 7.11 Å². The maximum absolute atomic E-state index is 5.11. The predicted molar refractivity (Wildman–Crippen MR) is 70.0 cm³/mol. The molecule has 1 aromatic heterocycles. The second-order valence-electron chi connectivity index (χ2n) is 3.74. The van der Waals surface area contributed by atoms with Crippen LogP contribution in [0.2, 0.25) is 0 Å². The molecule has 0 aliphatic rings. The molecule has 1 aromatic carbocycles. The molecular weight excluding hydrogens is 266 g/mol. The summed E-state index contributed by atoms with van der Waals surface area (Å²) in [6.45, 7) is 0.699. The summed E-state index contributed by atoms with van der Waals surface area (Å²) >= 11 is 3.60. The minimum Gasteiger partial charge on any atom is -0.384 e. The molecule has 0 amide bonds. The molecule has 0 radical (unpaired) electrons. The third kappa shape index (κ3) is 2.60. The van der Waals surface area contributed by atoms with Crippen LogP contribution in [0, 0.1) is 0 Å². The van der Waals surface area contributed by atoms with Crippen LogP contribution in [0.25, 0.3) is 10.8 Å². The van der Waals surface area contributed by atoms with Gasteiger partial charge in [0.05, 0.1) is 6.61 Å². The first-order valence-electron chi connectivity index (χ1n) is 5.27. The average Bonchev–Trinajstić information content (AvgIpc) is 2.30. The summed E-state index contributed by atoms with van der Waals surface area (Å²) in [6, 6.07) is 10.4. The Labute approximate surface area is 104 Å². The summed E-state index contributed by atoms with van der Waals surface area (Å²) in [6.07, 6.45) is 2.75. The molecule has 0 saturated heterocycles. The van der Waals surface area contributed by atoms with Crippen molar-refractivity contribution in [1.82, 2.24) is 4.98 Å². The molecule has 0 saturated carbocycles. The summed E-state index contributed by atoms with van der Waals surface area (Å²) in [7, 11) is 1.71. The van der Waals surface area contributed by atoms with Crippen LogP contribution in [0.3, 0.4) is 0 Å². The fourth-order valence-corrected chi connectivity index (χ4v) is 2.37. The van der Waals surface area contributed by atoms with Gasteiger partial charge in [-0.25, -0.2) is 0 Å². The van der Waals surface area contributed by atoms with Gasteiger partial charge in [-0.3, -0.25) is 4.98 Å². The summed E-state index contributed by atoms with van der Waals surface area (Å²) in [5.41, 5.74) is 1.12. The first-order valence-corrected chi connectivity index (χ1v) is 6.18. The lowest BCUT2D eigenvalue weighted by atomic mass is 10.1. The largest absolute Gasteiger partial charge is 0.384 e. The molecule has 0 bridgehead atoms. The number of aromatic nitrogens is 1. The molecular formula is C13H14BrNO. The number of benzene rings is 1. The highest BCUT2D eigenvalue weighted by molar-refractivity contribution is 9.09. The first kappa shape index (κ1) is 11.6. The maximum atomic E-state index is 5.11. The zero-order valence-corrected chi connectivity index (χ0v) is 10.8. The van der Waals surface area contributed by atoms with Crippen molar-refractivity contribution < 1.29 is 4.74 Å². The zero-order chi connectivity index (χ0) is 11.4. The van der Waals surface area contributed by atoms with Gasteiger partial charge >= 0.3 is 0 Å². The van der Waals surface area contributed by atoms with E-state index in [2.05, 4.69) is 33.0 Å². The van der Waals surface area contributed by atoms with E-state index < -0.39 is 0 Å². The molecule has 1 heterocycles. The van der Waals surface area contributed by atoms with Gasteiger partial charge < -0.3 is 4.74 Å². The molecule has 84 valence electrons. The first-order chi connectivity index (χ1) is 7.81. The van der Waals surface area contributed by atoms with E-state index in [4.69, 9.17) is 4.74 Å². The number of halogens is 1. The topological polar surface area (TPSA) is 22.1 Å². The van der Waals surface area contributed by atoms with Crippen LogP contribution in [-0.4, -0.2) is 23.5 Å². The van der Waals surface area contributed by atoms with Crippen LogP contribution in [0.15, 0.2) is 36.5 Å². The Kier molecular flexibility index (Phi) is 3.91. The van der Waals surface area contributed by atoms with Crippen molar-refractivity contribution in [2.24, 2.45) is 0 Å². The minimum atomic E-state index is 0.316. The van der Waals surface area contributed by atoms with Gasteiger partial charge in [-0.2, -0.15) is 0 Å². The van der Waals surface area contributed by atoms with E-state index in [9.17, 15) is 0 Å². The lowest BCUT2D eigenvalue weighted by Gasteiger charge is -2.09. The Morgan fingerprint density at radius 1 is 1.31 bits per heavy atom. The Morgan fingerprint density at radius 2 is 2.12 bits per heavy atom. The van der Waals surface area contributed by atoms with Gasteiger partial charge in [-0.1, -0.05) is 40.2 Å². The monoisotopic (exact) mass is 279 g/mol. The lowest BCUT2D eigenvalue weighted by molar-refractivity contribution is 0.200. The summed E-state index contributed by atoms with van der Waals surface area (Å²) in [5, 5.41) is 2.47. The number of ether oxygens (including phenoxy) is 1. The fourth-order valence-electron chi connectivity index (χ4n) is 1.79. The molecule has 1 atom stereocenters. The molecule has 2 aromatic rings. The van der Waals surface area contributed by atoms with Gasteiger partial charge in [0.25, 0.3) is 0 Å². The Balaban J connectivity index is 2.30. The number of alkyl halides is 1. The fraction of sp³-hybridized carbons (Fsp3) is 0.308. The van der Waals surface area contributed by atoms with Crippen molar-refractivity contribution in [2.75, 3.05) is 13.7 Å². The second-order valence-corrected chi connectivity index (χ2v) is 5.03. The third-order valence-electron chi connectivity index (χ3n) is 2.52. The van der Waals surface area contributed by atoms with Crippen molar-refractivity contribution in [3.05, 3.63) is 42.2 Å². The normalized spacial score (nSPS) is 12.9. The van der Waals surface area contributed by atoms with Crippen LogP contribution >= 0.6 is 15.9 Å². The Bertz CT molecular complexity index is 467. The average molecular weight is 280 g/mol. The van der Waals surface area contributed by atoms with E-state index in [1.165, 1.54) is 10.8 Å². The maximum Gasteiger partial charge on any atom is 0.0591 e. The molecule has 0 aliphatic heterocycles. The van der Waals surface area contributed by atoms with E-state index >= 15 is 0 Å². The van der Waals surface area contributed by atoms with Crippen LogP contribution in [-0.2, 0) is 11.2 Å². The number of fused-ring (bicyclic) bond motifs is 1. The SMILES string of the molecule is COCC(Br)Cc1nccc2ccccc12. The molecule has 0 spiro atoms. The molecule has 2 nitrogen and oxygen atoms in total. The molecule has 0 fully saturated rings. The number of hydrogen-bond donors (Lipinski definition) is 0. The number of pyridine rings is 1. The zero-order valence-electron chi connectivity index (χ0n) is 9.19. The van der Waals surface area contributed by atoms with Crippen molar-refractivity contribution in [2.45, 2.75) is 11.2 Å². The predicted octanol–water partition coefficient (Wildman–Crippen LogP) is 3.19. The van der Waals surface area contributed by atoms with E-state index in [1.807, 2.05) is 24.4 Å². The van der Waals surface area contributed by atoms with E-state index in [-0.39, 0.29) is 0 Å². The smallest absolute Gasteiger partial charge is 0.0591 e. The van der Waals surface area contributed by atoms with Crippen LogP contribution in [0.4, 0.5) is 0 Å². The Morgan fingerprint density at radius 3 is 2.94 bits per heavy atom. The third-order valence-corrected chi connectivity index (χ3v) is 3.11. The molecule has 1 unspecified atom stereocenters. The molecule has 0 aliphatic carbocycles. The minimum absolute atomic E-state index is 0.316. The van der Waals surface area contributed by atoms with Gasteiger partial charge in [-0.05, 0) is 11.5 Å². The van der Waals surface area contributed by atoms with Crippen LogP contribution in [0.1, 0.15) is 5.69 Å². The Hall–Kier alpha value is -0.930. The van der Waals surface area contributed by atoms with Crippen LogP contribution < -0.4 is 0 Å².